The molecule has 0 aromatic carbocycles. The summed E-state index contributed by atoms with van der Waals surface area (Å²) in [6, 6.07) is 1.87. The molecule has 0 radical (unpaired) electrons. The lowest BCUT2D eigenvalue weighted by Gasteiger charge is -2.19. The van der Waals surface area contributed by atoms with Gasteiger partial charge in [0.15, 0.2) is 5.96 Å². The first-order valence-corrected chi connectivity index (χ1v) is 7.08. The lowest BCUT2D eigenvalue weighted by atomic mass is 10.4. The number of nitrogens with zero attached hydrogens (tertiary/aromatic N) is 4. The predicted octanol–water partition coefficient (Wildman–Crippen LogP) is 0.932. The minimum Gasteiger partial charge on any atom is -0.356 e. The number of likely N-dealkylation sites (N-methyl/N-ethyl adjacent to an activating group) is 1. The summed E-state index contributed by atoms with van der Waals surface area (Å²) in [6.45, 7) is 1.27. The average molecular weight is 320 g/mol. The number of hydrogen-bond acceptors (Lipinski definition) is 3. The molecule has 9 heteroatoms. The minimum absolute atomic E-state index is 0.285. The van der Waals surface area contributed by atoms with Crippen LogP contribution in [0.25, 0.3) is 0 Å². The summed E-state index contributed by atoms with van der Waals surface area (Å²) < 4.78 is 38.4. The van der Waals surface area contributed by atoms with E-state index >= 15 is 0 Å². The number of guanidine groups is 1. The van der Waals surface area contributed by atoms with E-state index in [1.165, 1.54) is 11.9 Å². The second-order valence-electron chi connectivity index (χ2n) is 4.90. The van der Waals surface area contributed by atoms with E-state index in [-0.39, 0.29) is 6.54 Å². The first-order valence-electron chi connectivity index (χ1n) is 7.08. The van der Waals surface area contributed by atoms with Gasteiger partial charge in [-0.1, -0.05) is 0 Å². The van der Waals surface area contributed by atoms with E-state index < -0.39 is 12.7 Å². The van der Waals surface area contributed by atoms with Crippen molar-refractivity contribution in [1.29, 1.82) is 0 Å². The van der Waals surface area contributed by atoms with Gasteiger partial charge in [-0.25, -0.2) is 0 Å². The van der Waals surface area contributed by atoms with Gasteiger partial charge in [-0.3, -0.25) is 14.6 Å². The van der Waals surface area contributed by atoms with E-state index in [0.717, 1.165) is 13.0 Å². The van der Waals surface area contributed by atoms with Gasteiger partial charge in [0.05, 0.1) is 6.54 Å². The third-order valence-electron chi connectivity index (χ3n) is 2.87. The number of aryl methyl sites for hydroxylation is 1. The average Bonchev–Trinajstić information content (AvgIpc) is 2.92. The predicted molar refractivity (Wildman–Crippen MR) is 79.8 cm³/mol. The van der Waals surface area contributed by atoms with Crippen molar-refractivity contribution in [3.63, 3.8) is 0 Å². The molecule has 6 nitrogen and oxygen atoms in total. The zero-order valence-electron chi connectivity index (χ0n) is 12.9. The fourth-order valence-electron chi connectivity index (χ4n) is 1.85. The van der Waals surface area contributed by atoms with Crippen LogP contribution < -0.4 is 10.6 Å². The Morgan fingerprint density at radius 3 is 2.64 bits per heavy atom. The maximum absolute atomic E-state index is 12.2. The van der Waals surface area contributed by atoms with Crippen LogP contribution in [0.2, 0.25) is 0 Å². The number of aromatic nitrogens is 2. The summed E-state index contributed by atoms with van der Waals surface area (Å²) in [6.07, 6.45) is 0.326. The van der Waals surface area contributed by atoms with Crippen molar-refractivity contribution in [1.82, 2.24) is 25.3 Å². The lowest BCUT2D eigenvalue weighted by Crippen LogP contribution is -2.42. The summed E-state index contributed by atoms with van der Waals surface area (Å²) in [5.41, 5.74) is 0. The van der Waals surface area contributed by atoms with Gasteiger partial charge in [0.25, 0.3) is 0 Å². The summed E-state index contributed by atoms with van der Waals surface area (Å²) in [5.74, 6) is 0.584. The Morgan fingerprint density at radius 2 is 2.05 bits per heavy atom. The quantitative estimate of drug-likeness (QED) is 0.425. The highest BCUT2D eigenvalue weighted by Gasteiger charge is 2.28. The van der Waals surface area contributed by atoms with Crippen LogP contribution in [-0.2, 0) is 6.54 Å². The van der Waals surface area contributed by atoms with Gasteiger partial charge in [-0.15, -0.1) is 0 Å². The minimum atomic E-state index is -4.17. The zero-order valence-corrected chi connectivity index (χ0v) is 12.9. The monoisotopic (exact) mass is 320 g/mol. The van der Waals surface area contributed by atoms with Crippen LogP contribution in [0.1, 0.15) is 6.42 Å². The van der Waals surface area contributed by atoms with Crippen molar-refractivity contribution in [3.8, 4) is 0 Å². The molecule has 0 atom stereocenters. The van der Waals surface area contributed by atoms with Gasteiger partial charge in [-0.2, -0.15) is 18.3 Å². The highest BCUT2D eigenvalue weighted by molar-refractivity contribution is 5.79. The summed E-state index contributed by atoms with van der Waals surface area (Å²) in [5, 5.41) is 10.2. The zero-order chi connectivity index (χ0) is 16.4. The number of aliphatic imine (C=N–C) groups is 1. The molecule has 0 aliphatic heterocycles. The number of alkyl halides is 3. The molecule has 0 spiro atoms. The molecular formula is C13H23F3N6. The lowest BCUT2D eigenvalue weighted by molar-refractivity contribution is -0.142. The molecule has 0 fully saturated rings. The van der Waals surface area contributed by atoms with Crippen molar-refractivity contribution in [2.24, 2.45) is 4.99 Å². The van der Waals surface area contributed by atoms with Crippen LogP contribution >= 0.6 is 0 Å². The first-order chi connectivity index (χ1) is 10.4. The van der Waals surface area contributed by atoms with Crippen molar-refractivity contribution in [3.05, 3.63) is 18.5 Å². The largest absolute Gasteiger partial charge is 0.401 e. The third kappa shape index (κ3) is 8.50. The molecule has 0 saturated heterocycles. The SMILES string of the molecule is CN=C(NCCCn1cccn1)NCCN(C)CC(F)(F)F. The Morgan fingerprint density at radius 1 is 1.32 bits per heavy atom. The number of rotatable bonds is 8. The third-order valence-corrected chi connectivity index (χ3v) is 2.87. The molecule has 22 heavy (non-hydrogen) atoms. The van der Waals surface area contributed by atoms with Crippen LogP contribution in [0, 0.1) is 0 Å². The molecule has 0 aliphatic carbocycles. The van der Waals surface area contributed by atoms with E-state index in [1.54, 1.807) is 13.2 Å². The van der Waals surface area contributed by atoms with Crippen LogP contribution in [0.3, 0.4) is 0 Å². The molecule has 0 aliphatic rings. The van der Waals surface area contributed by atoms with E-state index in [4.69, 9.17) is 0 Å². The number of nitrogens with one attached hydrogen (secondary N) is 2. The van der Waals surface area contributed by atoms with Gasteiger partial charge in [0.1, 0.15) is 0 Å². The van der Waals surface area contributed by atoms with E-state index in [0.29, 0.717) is 19.0 Å². The van der Waals surface area contributed by atoms with Gasteiger partial charge in [-0.05, 0) is 19.5 Å². The Hall–Kier alpha value is -1.77. The molecule has 0 saturated carbocycles. The fourth-order valence-corrected chi connectivity index (χ4v) is 1.85. The Bertz CT molecular complexity index is 429. The Balaban J connectivity index is 2.12. The van der Waals surface area contributed by atoms with Crippen LogP contribution in [0.15, 0.2) is 23.5 Å². The molecule has 2 N–H and O–H groups in total. The van der Waals surface area contributed by atoms with Crippen molar-refractivity contribution < 1.29 is 13.2 Å². The summed E-state index contributed by atoms with van der Waals surface area (Å²) in [4.78, 5) is 5.25. The summed E-state index contributed by atoms with van der Waals surface area (Å²) >= 11 is 0. The van der Waals surface area contributed by atoms with Gasteiger partial charge >= 0.3 is 6.18 Å². The molecule has 126 valence electrons. The van der Waals surface area contributed by atoms with E-state index in [9.17, 15) is 13.2 Å². The maximum Gasteiger partial charge on any atom is 0.401 e. The van der Waals surface area contributed by atoms with Crippen molar-refractivity contribution in [2.75, 3.05) is 40.3 Å². The van der Waals surface area contributed by atoms with Crippen LogP contribution in [0.4, 0.5) is 13.2 Å². The molecular weight excluding hydrogens is 297 g/mol. The van der Waals surface area contributed by atoms with Crippen molar-refractivity contribution in [2.45, 2.75) is 19.1 Å². The highest BCUT2D eigenvalue weighted by Crippen LogP contribution is 2.14. The molecule has 1 rings (SSSR count). The van der Waals surface area contributed by atoms with E-state index in [2.05, 4.69) is 20.7 Å². The Kier molecular flexibility index (Phi) is 7.72. The molecule has 1 aromatic rings. The topological polar surface area (TPSA) is 57.5 Å². The van der Waals surface area contributed by atoms with Gasteiger partial charge in [0, 0.05) is 45.6 Å². The molecule has 0 bridgehead atoms. The standard InChI is InChI=1S/C13H23F3N6/c1-17-12(18-5-3-8-22-9-4-6-20-22)19-7-10-21(2)11-13(14,15)16/h4,6,9H,3,5,7-8,10-11H2,1-2H3,(H2,17,18,19). The smallest absolute Gasteiger partial charge is 0.356 e. The highest BCUT2D eigenvalue weighted by atomic mass is 19.4. The first kappa shape index (κ1) is 18.3. The fraction of sp³-hybridized carbons (Fsp3) is 0.692. The maximum atomic E-state index is 12.2. The second-order valence-corrected chi connectivity index (χ2v) is 4.90. The van der Waals surface area contributed by atoms with Crippen LogP contribution in [-0.4, -0.2) is 67.1 Å². The molecule has 1 heterocycles. The molecule has 0 unspecified atom stereocenters. The van der Waals surface area contributed by atoms with Gasteiger partial charge in [0.2, 0.25) is 0 Å². The van der Waals surface area contributed by atoms with Gasteiger partial charge < -0.3 is 10.6 Å². The van der Waals surface area contributed by atoms with Crippen LogP contribution in [0.5, 0.6) is 0 Å². The number of hydrogen-bond donors (Lipinski definition) is 2. The Labute approximate surface area is 128 Å². The van der Waals surface area contributed by atoms with Crippen molar-refractivity contribution >= 4 is 5.96 Å². The molecule has 1 aromatic heterocycles. The van der Waals surface area contributed by atoms with E-state index in [1.807, 2.05) is 16.9 Å². The summed E-state index contributed by atoms with van der Waals surface area (Å²) in [7, 11) is 3.07. The normalized spacial score (nSPS) is 12.7. The second kappa shape index (κ2) is 9.29. The molecule has 0 amide bonds. The number of halogens is 3.